The summed E-state index contributed by atoms with van der Waals surface area (Å²) >= 11 is 8.89. The molecule has 1 heterocycles. The molecular formula is C17H19ClN2O3S2. The Hall–Kier alpha value is -1.57. The molecule has 2 rings (SSSR count). The molecule has 0 fully saturated rings. The lowest BCUT2D eigenvalue weighted by atomic mass is 10.1. The average molecular weight is 399 g/mol. The summed E-state index contributed by atoms with van der Waals surface area (Å²) in [5.74, 6) is -0.142. The van der Waals surface area contributed by atoms with Gasteiger partial charge < -0.3 is 10.1 Å². The van der Waals surface area contributed by atoms with Crippen LogP contribution in [0.2, 0.25) is 5.02 Å². The molecule has 0 saturated heterocycles. The fraction of sp³-hybridized carbons (Fsp3) is 0.353. The highest BCUT2D eigenvalue weighted by Crippen LogP contribution is 2.24. The largest absolute Gasteiger partial charge is 0.466 e. The molecule has 1 amide bonds. The third kappa shape index (κ3) is 6.34. The number of amides is 1. The summed E-state index contributed by atoms with van der Waals surface area (Å²) in [6.07, 6.45) is 0.153. The first-order valence-electron chi connectivity index (χ1n) is 7.76. The molecule has 0 spiro atoms. The van der Waals surface area contributed by atoms with Crippen molar-refractivity contribution in [1.29, 1.82) is 0 Å². The normalized spacial score (nSPS) is 11.8. The first kappa shape index (κ1) is 19.8. The lowest BCUT2D eigenvalue weighted by Crippen LogP contribution is -2.28. The zero-order valence-corrected chi connectivity index (χ0v) is 16.3. The predicted octanol–water partition coefficient (Wildman–Crippen LogP) is 3.87. The topological polar surface area (TPSA) is 68.3 Å². The molecule has 0 aliphatic heterocycles. The number of rotatable bonds is 8. The van der Waals surface area contributed by atoms with Gasteiger partial charge in [0.25, 0.3) is 0 Å². The van der Waals surface area contributed by atoms with E-state index in [-0.39, 0.29) is 30.1 Å². The molecule has 1 atom stereocenters. The van der Waals surface area contributed by atoms with Crippen molar-refractivity contribution in [3.8, 4) is 0 Å². The number of benzene rings is 1. The summed E-state index contributed by atoms with van der Waals surface area (Å²) in [4.78, 5) is 27.9. The first-order valence-corrected chi connectivity index (χ1v) is 10.0. The van der Waals surface area contributed by atoms with E-state index < -0.39 is 0 Å². The minimum absolute atomic E-state index is 0.0976. The SMILES string of the molecule is CCOC(=O)Cc1csc(SCC(=O)N[C@H](C)c2ccccc2Cl)n1. The van der Waals surface area contributed by atoms with Gasteiger partial charge in [-0.2, -0.15) is 0 Å². The first-order chi connectivity index (χ1) is 12.0. The molecular weight excluding hydrogens is 380 g/mol. The van der Waals surface area contributed by atoms with Crippen LogP contribution in [0.1, 0.15) is 31.1 Å². The Labute approximate surface area is 160 Å². The summed E-state index contributed by atoms with van der Waals surface area (Å²) in [5, 5.41) is 5.36. The van der Waals surface area contributed by atoms with Crippen molar-refractivity contribution in [2.24, 2.45) is 0 Å². The van der Waals surface area contributed by atoms with Gasteiger partial charge in [-0.05, 0) is 25.5 Å². The van der Waals surface area contributed by atoms with Crippen LogP contribution in [0.25, 0.3) is 0 Å². The van der Waals surface area contributed by atoms with Crippen LogP contribution in [0.15, 0.2) is 34.0 Å². The zero-order chi connectivity index (χ0) is 18.2. The van der Waals surface area contributed by atoms with E-state index in [1.165, 1.54) is 23.1 Å². The molecule has 8 heteroatoms. The number of aromatic nitrogens is 1. The van der Waals surface area contributed by atoms with Crippen molar-refractivity contribution < 1.29 is 14.3 Å². The summed E-state index contributed by atoms with van der Waals surface area (Å²) in [6, 6.07) is 7.27. The van der Waals surface area contributed by atoms with Crippen molar-refractivity contribution in [3.63, 3.8) is 0 Å². The monoisotopic (exact) mass is 398 g/mol. The van der Waals surface area contributed by atoms with E-state index in [0.717, 1.165) is 9.90 Å². The zero-order valence-electron chi connectivity index (χ0n) is 14.0. The van der Waals surface area contributed by atoms with Crippen molar-refractivity contribution in [3.05, 3.63) is 45.9 Å². The Morgan fingerprint density at radius 2 is 2.16 bits per heavy atom. The number of thioether (sulfide) groups is 1. The third-order valence-electron chi connectivity index (χ3n) is 3.24. The van der Waals surface area contributed by atoms with Crippen molar-refractivity contribution >= 4 is 46.6 Å². The van der Waals surface area contributed by atoms with Gasteiger partial charge in [-0.1, -0.05) is 41.6 Å². The lowest BCUT2D eigenvalue weighted by Gasteiger charge is -2.15. The van der Waals surface area contributed by atoms with Crippen LogP contribution in [-0.2, 0) is 20.7 Å². The van der Waals surface area contributed by atoms with Crippen LogP contribution in [0.4, 0.5) is 0 Å². The molecule has 0 radical (unpaired) electrons. The van der Waals surface area contributed by atoms with Gasteiger partial charge in [0, 0.05) is 10.4 Å². The van der Waals surface area contributed by atoms with Gasteiger partial charge in [0.05, 0.1) is 30.5 Å². The highest BCUT2D eigenvalue weighted by molar-refractivity contribution is 8.01. The summed E-state index contributed by atoms with van der Waals surface area (Å²) < 4.78 is 5.64. The van der Waals surface area contributed by atoms with Crippen molar-refractivity contribution in [2.45, 2.75) is 30.6 Å². The molecule has 0 bridgehead atoms. The Morgan fingerprint density at radius 1 is 1.40 bits per heavy atom. The number of ether oxygens (including phenoxy) is 1. The van der Waals surface area contributed by atoms with Crippen LogP contribution < -0.4 is 5.32 Å². The standard InChI is InChI=1S/C17H19ClN2O3S2/c1-3-23-16(22)8-12-9-24-17(20-12)25-10-15(21)19-11(2)13-6-4-5-7-14(13)18/h4-7,9,11H,3,8,10H2,1-2H3,(H,19,21)/t11-/m1/s1. The molecule has 1 N–H and O–H groups in total. The molecule has 2 aromatic rings. The number of carbonyl (C=O) groups is 2. The van der Waals surface area contributed by atoms with E-state index in [1.807, 2.05) is 30.5 Å². The number of hydrogen-bond acceptors (Lipinski definition) is 6. The van der Waals surface area contributed by atoms with E-state index in [2.05, 4.69) is 10.3 Å². The fourth-order valence-electron chi connectivity index (χ4n) is 2.11. The predicted molar refractivity (Wildman–Crippen MR) is 101 cm³/mol. The van der Waals surface area contributed by atoms with Crippen molar-refractivity contribution in [2.75, 3.05) is 12.4 Å². The molecule has 5 nitrogen and oxygen atoms in total. The van der Waals surface area contributed by atoms with E-state index in [4.69, 9.17) is 16.3 Å². The molecule has 25 heavy (non-hydrogen) atoms. The summed E-state index contributed by atoms with van der Waals surface area (Å²) in [7, 11) is 0. The molecule has 1 aromatic heterocycles. The highest BCUT2D eigenvalue weighted by atomic mass is 35.5. The minimum atomic E-state index is -0.296. The quantitative estimate of drug-likeness (QED) is 0.540. The van der Waals surface area contributed by atoms with E-state index in [1.54, 1.807) is 13.0 Å². The molecule has 1 aromatic carbocycles. The van der Waals surface area contributed by atoms with Crippen LogP contribution in [0, 0.1) is 0 Å². The number of esters is 1. The third-order valence-corrected chi connectivity index (χ3v) is 5.65. The molecule has 134 valence electrons. The number of thiazole rings is 1. The Balaban J connectivity index is 1.81. The molecule has 0 aliphatic carbocycles. The van der Waals surface area contributed by atoms with Crippen LogP contribution >= 0.6 is 34.7 Å². The number of halogens is 1. The average Bonchev–Trinajstić information content (AvgIpc) is 3.01. The van der Waals surface area contributed by atoms with Gasteiger partial charge >= 0.3 is 5.97 Å². The van der Waals surface area contributed by atoms with Gasteiger partial charge in [-0.25, -0.2) is 4.98 Å². The van der Waals surface area contributed by atoms with Crippen LogP contribution in [0.5, 0.6) is 0 Å². The maximum atomic E-state index is 12.1. The van der Waals surface area contributed by atoms with E-state index in [0.29, 0.717) is 17.3 Å². The fourth-order valence-corrected chi connectivity index (χ4v) is 4.07. The Bertz CT molecular complexity index is 736. The minimum Gasteiger partial charge on any atom is -0.466 e. The Morgan fingerprint density at radius 3 is 2.88 bits per heavy atom. The maximum Gasteiger partial charge on any atom is 0.311 e. The van der Waals surface area contributed by atoms with Gasteiger partial charge in [0.1, 0.15) is 0 Å². The molecule has 0 saturated carbocycles. The van der Waals surface area contributed by atoms with Gasteiger partial charge in [-0.3, -0.25) is 9.59 Å². The number of nitrogens with zero attached hydrogens (tertiary/aromatic N) is 1. The summed E-state index contributed by atoms with van der Waals surface area (Å²) in [5.41, 5.74) is 1.55. The second-order valence-corrected chi connectivity index (χ2v) is 7.67. The van der Waals surface area contributed by atoms with Gasteiger partial charge in [0.2, 0.25) is 5.91 Å². The maximum absolute atomic E-state index is 12.1. The van der Waals surface area contributed by atoms with E-state index >= 15 is 0 Å². The van der Waals surface area contributed by atoms with E-state index in [9.17, 15) is 9.59 Å². The van der Waals surface area contributed by atoms with Crippen LogP contribution in [-0.4, -0.2) is 29.2 Å². The van der Waals surface area contributed by atoms with Gasteiger partial charge in [0.15, 0.2) is 4.34 Å². The number of nitrogens with one attached hydrogen (secondary N) is 1. The smallest absolute Gasteiger partial charge is 0.311 e. The highest BCUT2D eigenvalue weighted by Gasteiger charge is 2.14. The molecule has 0 unspecified atom stereocenters. The molecule has 0 aliphatic rings. The van der Waals surface area contributed by atoms with Gasteiger partial charge in [-0.15, -0.1) is 11.3 Å². The van der Waals surface area contributed by atoms with Crippen LogP contribution in [0.3, 0.4) is 0 Å². The number of carbonyl (C=O) groups excluding carboxylic acids is 2. The second-order valence-electron chi connectivity index (χ2n) is 5.19. The van der Waals surface area contributed by atoms with Crippen molar-refractivity contribution in [1.82, 2.24) is 10.3 Å². The summed E-state index contributed by atoms with van der Waals surface area (Å²) in [6.45, 7) is 4.02. The lowest BCUT2D eigenvalue weighted by molar-refractivity contribution is -0.142. The number of hydrogen-bond donors (Lipinski definition) is 1. The Kier molecular flexibility index (Phi) is 7.74. The second kappa shape index (κ2) is 9.79.